The first-order valence-corrected chi connectivity index (χ1v) is 6.18. The number of hydrogen-bond acceptors (Lipinski definition) is 4. The molecule has 0 saturated carbocycles. The van der Waals surface area contributed by atoms with Crippen LogP contribution in [0.3, 0.4) is 0 Å². The second kappa shape index (κ2) is 6.25. The van der Waals surface area contributed by atoms with Gasteiger partial charge in [-0.05, 0) is 31.7 Å². The molecule has 2 N–H and O–H groups in total. The average molecular weight is 277 g/mol. The Hall–Kier alpha value is -2.28. The number of nitrogens with one attached hydrogen (secondary N) is 2. The molecule has 1 amide bonds. The minimum atomic E-state index is -0.347. The second-order valence-corrected chi connectivity index (χ2v) is 4.45. The van der Waals surface area contributed by atoms with Gasteiger partial charge >= 0.3 is 0 Å². The zero-order valence-electron chi connectivity index (χ0n) is 11.4. The summed E-state index contributed by atoms with van der Waals surface area (Å²) in [6, 6.07) is 4.57. The Labute approximate surface area is 116 Å². The minimum Gasteiger partial charge on any atom is -0.324 e. The van der Waals surface area contributed by atoms with Crippen molar-refractivity contribution in [1.29, 1.82) is 0 Å². The summed E-state index contributed by atoms with van der Waals surface area (Å²) in [6.45, 7) is 2.29. The summed E-state index contributed by atoms with van der Waals surface area (Å²) in [5, 5.41) is 13.3. The molecule has 0 unspecified atom stereocenters. The summed E-state index contributed by atoms with van der Waals surface area (Å²) in [5.41, 5.74) is 1.71. The standard InChI is InChI=1S/C13H16FN5O/c1-9-3-4-10(5-12(9)14)16-13(20)8-19-7-11(6-15-2)17-18-19/h3-5,7,15H,6,8H2,1-2H3,(H,16,20). The van der Waals surface area contributed by atoms with Crippen molar-refractivity contribution >= 4 is 11.6 Å². The lowest BCUT2D eigenvalue weighted by Gasteiger charge is -2.06. The molecule has 0 spiro atoms. The number of hydrogen-bond donors (Lipinski definition) is 2. The number of carbonyl (C=O) groups excluding carboxylic acids is 1. The number of benzene rings is 1. The second-order valence-electron chi connectivity index (χ2n) is 4.45. The van der Waals surface area contributed by atoms with E-state index < -0.39 is 0 Å². The number of anilines is 1. The first kappa shape index (κ1) is 14.1. The van der Waals surface area contributed by atoms with E-state index in [1.165, 1.54) is 10.7 Å². The first-order chi connectivity index (χ1) is 9.58. The summed E-state index contributed by atoms with van der Waals surface area (Å²) >= 11 is 0. The molecule has 0 radical (unpaired) electrons. The lowest BCUT2D eigenvalue weighted by molar-refractivity contribution is -0.116. The van der Waals surface area contributed by atoms with Gasteiger partial charge in [0.1, 0.15) is 12.4 Å². The van der Waals surface area contributed by atoms with Gasteiger partial charge in [0.05, 0.1) is 11.9 Å². The molecule has 20 heavy (non-hydrogen) atoms. The molecule has 0 aliphatic heterocycles. The van der Waals surface area contributed by atoms with Crippen molar-refractivity contribution in [2.45, 2.75) is 20.0 Å². The van der Waals surface area contributed by atoms with E-state index in [0.717, 1.165) is 5.69 Å². The monoisotopic (exact) mass is 277 g/mol. The van der Waals surface area contributed by atoms with Gasteiger partial charge in [0, 0.05) is 12.2 Å². The molecule has 106 valence electrons. The number of carbonyl (C=O) groups is 1. The van der Waals surface area contributed by atoms with Gasteiger partial charge in [0.15, 0.2) is 0 Å². The molecule has 0 aliphatic carbocycles. The zero-order chi connectivity index (χ0) is 14.5. The maximum atomic E-state index is 13.4. The van der Waals surface area contributed by atoms with E-state index >= 15 is 0 Å². The van der Waals surface area contributed by atoms with E-state index in [1.807, 2.05) is 0 Å². The molecular weight excluding hydrogens is 261 g/mol. The molecule has 0 aliphatic rings. The quantitative estimate of drug-likeness (QED) is 0.858. The number of nitrogens with zero attached hydrogens (tertiary/aromatic N) is 3. The van der Waals surface area contributed by atoms with Crippen molar-refractivity contribution in [3.8, 4) is 0 Å². The third kappa shape index (κ3) is 3.61. The molecule has 6 nitrogen and oxygen atoms in total. The van der Waals surface area contributed by atoms with E-state index in [2.05, 4.69) is 20.9 Å². The molecule has 1 aromatic heterocycles. The van der Waals surface area contributed by atoms with Gasteiger partial charge < -0.3 is 10.6 Å². The average Bonchev–Trinajstić information content (AvgIpc) is 2.81. The van der Waals surface area contributed by atoms with Gasteiger partial charge in [-0.25, -0.2) is 9.07 Å². The van der Waals surface area contributed by atoms with Crippen LogP contribution >= 0.6 is 0 Å². The highest BCUT2D eigenvalue weighted by molar-refractivity contribution is 5.90. The Morgan fingerprint density at radius 1 is 1.45 bits per heavy atom. The number of aromatic nitrogens is 3. The largest absolute Gasteiger partial charge is 0.324 e. The zero-order valence-corrected chi connectivity index (χ0v) is 11.4. The van der Waals surface area contributed by atoms with Crippen molar-refractivity contribution in [3.63, 3.8) is 0 Å². The molecule has 0 fully saturated rings. The molecule has 2 aromatic rings. The van der Waals surface area contributed by atoms with Gasteiger partial charge in [-0.15, -0.1) is 5.10 Å². The van der Waals surface area contributed by atoms with Crippen LogP contribution in [0.5, 0.6) is 0 Å². The van der Waals surface area contributed by atoms with Crippen LogP contribution in [0.15, 0.2) is 24.4 Å². The Morgan fingerprint density at radius 3 is 2.95 bits per heavy atom. The van der Waals surface area contributed by atoms with E-state index in [4.69, 9.17) is 0 Å². The summed E-state index contributed by atoms with van der Waals surface area (Å²) in [7, 11) is 1.80. The summed E-state index contributed by atoms with van der Waals surface area (Å²) in [4.78, 5) is 11.8. The molecule has 2 rings (SSSR count). The maximum Gasteiger partial charge on any atom is 0.246 e. The van der Waals surface area contributed by atoms with Crippen LogP contribution < -0.4 is 10.6 Å². The van der Waals surface area contributed by atoms with Gasteiger partial charge in [-0.2, -0.15) is 0 Å². The highest BCUT2D eigenvalue weighted by atomic mass is 19.1. The van der Waals surface area contributed by atoms with Gasteiger partial charge in [-0.1, -0.05) is 11.3 Å². The smallest absolute Gasteiger partial charge is 0.246 e. The highest BCUT2D eigenvalue weighted by Gasteiger charge is 2.07. The fourth-order valence-electron chi connectivity index (χ4n) is 1.70. The van der Waals surface area contributed by atoms with Crippen LogP contribution in [-0.4, -0.2) is 27.9 Å². The Bertz CT molecular complexity index is 611. The predicted octanol–water partition coefficient (Wildman–Crippen LogP) is 1.08. The Kier molecular flexibility index (Phi) is 4.41. The van der Waals surface area contributed by atoms with Crippen molar-refractivity contribution in [3.05, 3.63) is 41.5 Å². The third-order valence-electron chi connectivity index (χ3n) is 2.71. The van der Waals surface area contributed by atoms with Crippen LogP contribution in [0.2, 0.25) is 0 Å². The summed E-state index contributed by atoms with van der Waals surface area (Å²) in [6.07, 6.45) is 1.69. The fourth-order valence-corrected chi connectivity index (χ4v) is 1.70. The number of aryl methyl sites for hydroxylation is 1. The van der Waals surface area contributed by atoms with Crippen LogP contribution in [0.4, 0.5) is 10.1 Å². The third-order valence-corrected chi connectivity index (χ3v) is 2.71. The molecule has 0 saturated heterocycles. The predicted molar refractivity (Wildman–Crippen MR) is 72.6 cm³/mol. The molecule has 0 bridgehead atoms. The summed E-state index contributed by atoms with van der Waals surface area (Å²) in [5.74, 6) is -0.631. The molecule has 7 heteroatoms. The molecule has 1 heterocycles. The van der Waals surface area contributed by atoms with Crippen LogP contribution in [0.25, 0.3) is 0 Å². The van der Waals surface area contributed by atoms with E-state index in [1.54, 1.807) is 32.3 Å². The highest BCUT2D eigenvalue weighted by Crippen LogP contribution is 2.13. The SMILES string of the molecule is CNCc1cn(CC(=O)Nc2ccc(C)c(F)c2)nn1. The van der Waals surface area contributed by atoms with Gasteiger partial charge in [0.2, 0.25) is 5.91 Å². The maximum absolute atomic E-state index is 13.4. The van der Waals surface area contributed by atoms with Crippen molar-refractivity contribution in [1.82, 2.24) is 20.3 Å². The number of rotatable bonds is 5. The van der Waals surface area contributed by atoms with Crippen molar-refractivity contribution < 1.29 is 9.18 Å². The van der Waals surface area contributed by atoms with Crippen molar-refractivity contribution in [2.75, 3.05) is 12.4 Å². The Balaban J connectivity index is 1.95. The van der Waals surface area contributed by atoms with Gasteiger partial charge in [-0.3, -0.25) is 4.79 Å². The minimum absolute atomic E-state index is 0.0339. The van der Waals surface area contributed by atoms with Crippen molar-refractivity contribution in [2.24, 2.45) is 0 Å². The number of amides is 1. The van der Waals surface area contributed by atoms with E-state index in [9.17, 15) is 9.18 Å². The van der Waals surface area contributed by atoms with E-state index in [-0.39, 0.29) is 18.3 Å². The van der Waals surface area contributed by atoms with Gasteiger partial charge in [0.25, 0.3) is 0 Å². The fraction of sp³-hybridized carbons (Fsp3) is 0.308. The lowest BCUT2D eigenvalue weighted by Crippen LogP contribution is -2.19. The van der Waals surface area contributed by atoms with E-state index in [0.29, 0.717) is 17.8 Å². The molecule has 0 atom stereocenters. The first-order valence-electron chi connectivity index (χ1n) is 6.18. The topological polar surface area (TPSA) is 71.8 Å². The van der Waals surface area contributed by atoms with Crippen LogP contribution in [-0.2, 0) is 17.9 Å². The summed E-state index contributed by atoms with van der Waals surface area (Å²) < 4.78 is 14.8. The van der Waals surface area contributed by atoms with Crippen LogP contribution in [0, 0.1) is 12.7 Å². The lowest BCUT2D eigenvalue weighted by atomic mass is 10.2. The number of halogens is 1. The Morgan fingerprint density at radius 2 is 2.25 bits per heavy atom. The molecule has 1 aromatic carbocycles. The van der Waals surface area contributed by atoms with Crippen LogP contribution in [0.1, 0.15) is 11.3 Å². The molecular formula is C13H16FN5O. The normalized spacial score (nSPS) is 10.6.